The minimum absolute atomic E-state index is 0.498. The summed E-state index contributed by atoms with van der Waals surface area (Å²) in [6.45, 7) is 8.24. The van der Waals surface area contributed by atoms with E-state index in [0.717, 1.165) is 18.0 Å². The van der Waals surface area contributed by atoms with Gasteiger partial charge in [-0.05, 0) is 51.0 Å². The van der Waals surface area contributed by atoms with Crippen molar-refractivity contribution in [2.45, 2.75) is 83.4 Å². The first-order valence-electron chi connectivity index (χ1n) is 9.28. The van der Waals surface area contributed by atoms with Crippen LogP contribution in [0.4, 0.5) is 0 Å². The van der Waals surface area contributed by atoms with Gasteiger partial charge >= 0.3 is 0 Å². The van der Waals surface area contributed by atoms with Crippen LogP contribution >= 0.6 is 0 Å². The number of likely N-dealkylation sites (tertiary alicyclic amines) is 1. The van der Waals surface area contributed by atoms with E-state index in [2.05, 4.69) is 24.1 Å². The number of nitrogens with one attached hydrogen (secondary N) is 1. The molecule has 0 radical (unpaired) electrons. The van der Waals surface area contributed by atoms with Crippen molar-refractivity contribution in [2.24, 2.45) is 5.92 Å². The minimum atomic E-state index is 0.498. The summed E-state index contributed by atoms with van der Waals surface area (Å²) in [6.07, 6.45) is 11.2. The van der Waals surface area contributed by atoms with E-state index in [1.165, 1.54) is 71.0 Å². The molecule has 2 aliphatic rings. The van der Waals surface area contributed by atoms with Gasteiger partial charge in [0.25, 0.3) is 0 Å². The van der Waals surface area contributed by atoms with Crippen molar-refractivity contribution in [3.8, 4) is 0 Å². The van der Waals surface area contributed by atoms with Gasteiger partial charge in [0.05, 0.1) is 6.10 Å². The van der Waals surface area contributed by atoms with Gasteiger partial charge in [-0.25, -0.2) is 0 Å². The first-order chi connectivity index (χ1) is 10.3. The third-order valence-electron chi connectivity index (χ3n) is 5.56. The quantitative estimate of drug-likeness (QED) is 0.779. The molecule has 1 saturated heterocycles. The molecule has 0 amide bonds. The molecule has 3 atom stereocenters. The Balaban J connectivity index is 1.92. The zero-order valence-corrected chi connectivity index (χ0v) is 14.4. The van der Waals surface area contributed by atoms with Gasteiger partial charge < -0.3 is 10.1 Å². The number of piperidine rings is 1. The Kier molecular flexibility index (Phi) is 7.48. The average molecular weight is 296 g/mol. The molecular weight excluding hydrogens is 260 g/mol. The Labute approximate surface area is 131 Å². The Morgan fingerprint density at radius 1 is 1.05 bits per heavy atom. The maximum Gasteiger partial charge on any atom is 0.0595 e. The van der Waals surface area contributed by atoms with E-state index in [9.17, 15) is 0 Å². The maximum atomic E-state index is 5.54. The molecule has 0 aromatic carbocycles. The van der Waals surface area contributed by atoms with Gasteiger partial charge in [-0.15, -0.1) is 0 Å². The van der Waals surface area contributed by atoms with Crippen LogP contribution in [0.3, 0.4) is 0 Å². The predicted octanol–water partition coefficient (Wildman–Crippen LogP) is 3.43. The summed E-state index contributed by atoms with van der Waals surface area (Å²) in [5, 5.41) is 3.83. The molecule has 2 rings (SSSR count). The molecule has 0 bridgehead atoms. The summed E-state index contributed by atoms with van der Waals surface area (Å²) in [7, 11) is 1.86. The molecule has 1 saturated carbocycles. The second-order valence-corrected chi connectivity index (χ2v) is 7.07. The van der Waals surface area contributed by atoms with E-state index in [1.807, 2.05) is 7.11 Å². The van der Waals surface area contributed by atoms with E-state index < -0.39 is 0 Å². The van der Waals surface area contributed by atoms with Crippen LogP contribution in [0.2, 0.25) is 0 Å². The lowest BCUT2D eigenvalue weighted by atomic mass is 9.79. The summed E-state index contributed by atoms with van der Waals surface area (Å²) in [5.41, 5.74) is 0. The zero-order chi connectivity index (χ0) is 15.1. The molecule has 3 unspecified atom stereocenters. The van der Waals surface area contributed by atoms with E-state index >= 15 is 0 Å². The lowest BCUT2D eigenvalue weighted by Crippen LogP contribution is -2.55. The third kappa shape index (κ3) is 4.94. The fraction of sp³-hybridized carbons (Fsp3) is 1.00. The van der Waals surface area contributed by atoms with Crippen LogP contribution in [0.25, 0.3) is 0 Å². The average Bonchev–Trinajstić information content (AvgIpc) is 2.54. The van der Waals surface area contributed by atoms with Gasteiger partial charge in [-0.1, -0.05) is 26.7 Å². The van der Waals surface area contributed by atoms with Crippen LogP contribution in [0.1, 0.15) is 65.2 Å². The van der Waals surface area contributed by atoms with Gasteiger partial charge in [-0.2, -0.15) is 0 Å². The standard InChI is InChI=1S/C18H36N2O/c1-4-6-15-7-8-17(19-11-5-2)18(14-15)20-12-9-16(21-3)10-13-20/h15-19H,4-14H2,1-3H3. The van der Waals surface area contributed by atoms with E-state index in [0.29, 0.717) is 6.10 Å². The van der Waals surface area contributed by atoms with Crippen molar-refractivity contribution >= 4 is 0 Å². The van der Waals surface area contributed by atoms with Crippen LogP contribution in [0.15, 0.2) is 0 Å². The van der Waals surface area contributed by atoms with Gasteiger partial charge in [0.15, 0.2) is 0 Å². The van der Waals surface area contributed by atoms with E-state index in [4.69, 9.17) is 4.74 Å². The number of rotatable bonds is 7. The first-order valence-corrected chi connectivity index (χ1v) is 9.28. The zero-order valence-electron chi connectivity index (χ0n) is 14.4. The number of methoxy groups -OCH3 is 1. The number of hydrogen-bond acceptors (Lipinski definition) is 3. The molecule has 0 aromatic rings. The van der Waals surface area contributed by atoms with Gasteiger partial charge in [-0.3, -0.25) is 4.90 Å². The first kappa shape index (κ1) is 17.2. The van der Waals surface area contributed by atoms with Crippen LogP contribution in [-0.4, -0.2) is 49.8 Å². The highest BCUT2D eigenvalue weighted by molar-refractivity contribution is 4.92. The Morgan fingerprint density at radius 3 is 2.43 bits per heavy atom. The van der Waals surface area contributed by atoms with Gasteiger partial charge in [0.1, 0.15) is 0 Å². The van der Waals surface area contributed by atoms with Crippen molar-refractivity contribution in [2.75, 3.05) is 26.7 Å². The van der Waals surface area contributed by atoms with Crippen molar-refractivity contribution in [1.82, 2.24) is 10.2 Å². The lowest BCUT2D eigenvalue weighted by molar-refractivity contribution is 0.00718. The Bertz CT molecular complexity index is 276. The van der Waals surface area contributed by atoms with Crippen molar-refractivity contribution in [1.29, 1.82) is 0 Å². The van der Waals surface area contributed by atoms with Crippen molar-refractivity contribution < 1.29 is 4.74 Å². The summed E-state index contributed by atoms with van der Waals surface area (Å²) in [5.74, 6) is 0.958. The largest absolute Gasteiger partial charge is 0.381 e. The third-order valence-corrected chi connectivity index (χ3v) is 5.56. The molecular formula is C18H36N2O. The number of ether oxygens (including phenoxy) is 1. The molecule has 0 spiro atoms. The Morgan fingerprint density at radius 2 is 1.81 bits per heavy atom. The summed E-state index contributed by atoms with van der Waals surface area (Å²) in [6, 6.07) is 1.48. The Hall–Kier alpha value is -0.120. The monoisotopic (exact) mass is 296 g/mol. The smallest absolute Gasteiger partial charge is 0.0595 e. The van der Waals surface area contributed by atoms with Crippen LogP contribution in [0.5, 0.6) is 0 Å². The minimum Gasteiger partial charge on any atom is -0.381 e. The van der Waals surface area contributed by atoms with Crippen molar-refractivity contribution in [3.63, 3.8) is 0 Å². The van der Waals surface area contributed by atoms with E-state index in [1.54, 1.807) is 0 Å². The van der Waals surface area contributed by atoms with Crippen LogP contribution in [0, 0.1) is 5.92 Å². The molecule has 1 heterocycles. The molecule has 3 heteroatoms. The van der Waals surface area contributed by atoms with Crippen LogP contribution < -0.4 is 5.32 Å². The summed E-state index contributed by atoms with van der Waals surface area (Å²) in [4.78, 5) is 2.77. The van der Waals surface area contributed by atoms with E-state index in [-0.39, 0.29) is 0 Å². The summed E-state index contributed by atoms with van der Waals surface area (Å²) < 4.78 is 5.54. The molecule has 21 heavy (non-hydrogen) atoms. The second kappa shape index (κ2) is 9.12. The second-order valence-electron chi connectivity index (χ2n) is 7.07. The molecule has 1 aliphatic heterocycles. The topological polar surface area (TPSA) is 24.5 Å². The highest BCUT2D eigenvalue weighted by Crippen LogP contribution is 2.32. The highest BCUT2D eigenvalue weighted by atomic mass is 16.5. The maximum absolute atomic E-state index is 5.54. The fourth-order valence-electron chi connectivity index (χ4n) is 4.32. The molecule has 1 N–H and O–H groups in total. The molecule has 3 nitrogen and oxygen atoms in total. The number of hydrogen-bond donors (Lipinski definition) is 1. The predicted molar refractivity (Wildman–Crippen MR) is 89.7 cm³/mol. The SMILES string of the molecule is CCCNC1CCC(CCC)CC1N1CCC(OC)CC1. The molecule has 2 fully saturated rings. The van der Waals surface area contributed by atoms with Crippen LogP contribution in [-0.2, 0) is 4.74 Å². The lowest BCUT2D eigenvalue weighted by Gasteiger charge is -2.45. The molecule has 0 aromatic heterocycles. The van der Waals surface area contributed by atoms with Gasteiger partial charge in [0, 0.05) is 32.3 Å². The molecule has 1 aliphatic carbocycles. The van der Waals surface area contributed by atoms with Crippen molar-refractivity contribution in [3.05, 3.63) is 0 Å². The highest BCUT2D eigenvalue weighted by Gasteiger charge is 2.35. The normalized spacial score (nSPS) is 32.4. The molecule has 124 valence electrons. The summed E-state index contributed by atoms with van der Waals surface area (Å²) >= 11 is 0. The number of nitrogens with zero attached hydrogens (tertiary/aromatic N) is 1. The van der Waals surface area contributed by atoms with Gasteiger partial charge in [0.2, 0.25) is 0 Å². The fourth-order valence-corrected chi connectivity index (χ4v) is 4.32.